The van der Waals surface area contributed by atoms with Crippen molar-refractivity contribution in [1.82, 2.24) is 0 Å². The zero-order valence-corrected chi connectivity index (χ0v) is 11.7. The minimum Gasteiger partial charge on any atom is -0.508 e. The summed E-state index contributed by atoms with van der Waals surface area (Å²) in [5.41, 5.74) is 0. The summed E-state index contributed by atoms with van der Waals surface area (Å²) < 4.78 is 4.71. The molecule has 0 aliphatic rings. The number of carbonyl (C=O) groups excluding carboxylic acids is 2. The van der Waals surface area contributed by atoms with Crippen molar-refractivity contribution in [3.05, 3.63) is 24.3 Å². The van der Waals surface area contributed by atoms with Crippen LogP contribution in [-0.4, -0.2) is 29.2 Å². The van der Waals surface area contributed by atoms with Gasteiger partial charge in [0.15, 0.2) is 0 Å². The molecule has 0 atom stereocenters. The van der Waals surface area contributed by atoms with Gasteiger partial charge in [0.2, 0.25) is 0 Å². The van der Waals surface area contributed by atoms with Crippen LogP contribution in [0.5, 0.6) is 5.75 Å². The van der Waals surface area contributed by atoms with Gasteiger partial charge in [-0.25, -0.2) is 0 Å². The van der Waals surface area contributed by atoms with Gasteiger partial charge in [0.1, 0.15) is 18.0 Å². The number of phenolic OH excluding ortho intramolecular Hbond substituents is 1. The highest BCUT2D eigenvalue weighted by molar-refractivity contribution is 7.99. The molecule has 0 saturated carbocycles. The molecule has 4 nitrogen and oxygen atoms in total. The number of carbonyl (C=O) groups is 2. The lowest BCUT2D eigenvalue weighted by Crippen LogP contribution is -2.11. The zero-order chi connectivity index (χ0) is 14.1. The molecule has 0 fully saturated rings. The number of ether oxygens (including phenoxy) is 1. The molecule has 1 aromatic rings. The number of Topliss-reactive ketones (excluding diaryl/α,β-unsaturated/α-hetero) is 1. The molecule has 1 rings (SSSR count). The van der Waals surface area contributed by atoms with Gasteiger partial charge in [-0.1, -0.05) is 6.07 Å². The fourth-order valence-corrected chi connectivity index (χ4v) is 2.40. The molecular formula is C14H18O4S. The van der Waals surface area contributed by atoms with Crippen molar-refractivity contribution < 1.29 is 19.4 Å². The quantitative estimate of drug-likeness (QED) is 0.344. The van der Waals surface area contributed by atoms with Crippen LogP contribution in [0.4, 0.5) is 0 Å². The number of aromatic hydroxyl groups is 1. The third-order valence-electron chi connectivity index (χ3n) is 2.33. The summed E-state index contributed by atoms with van der Waals surface area (Å²) in [7, 11) is 0. The predicted octanol–water partition coefficient (Wildman–Crippen LogP) is 2.79. The van der Waals surface area contributed by atoms with Crippen LogP contribution in [0.1, 0.15) is 26.2 Å². The fourth-order valence-electron chi connectivity index (χ4n) is 1.49. The second kappa shape index (κ2) is 8.58. The molecule has 0 spiro atoms. The Hall–Kier alpha value is -1.49. The minimum atomic E-state index is -0.451. The molecule has 0 saturated heterocycles. The van der Waals surface area contributed by atoms with E-state index >= 15 is 0 Å². The van der Waals surface area contributed by atoms with Crippen LogP contribution in [0.15, 0.2) is 29.2 Å². The fraction of sp³-hybridized carbons (Fsp3) is 0.429. The van der Waals surface area contributed by atoms with Crippen molar-refractivity contribution in [3.63, 3.8) is 0 Å². The molecule has 0 aliphatic carbocycles. The van der Waals surface area contributed by atoms with Crippen LogP contribution in [0.2, 0.25) is 0 Å². The molecule has 1 N–H and O–H groups in total. The van der Waals surface area contributed by atoms with Gasteiger partial charge in [-0.05, 0) is 37.3 Å². The second-order valence-electron chi connectivity index (χ2n) is 3.97. The number of hydrogen-bond acceptors (Lipinski definition) is 5. The lowest BCUT2D eigenvalue weighted by atomic mass is 10.2. The van der Waals surface area contributed by atoms with Crippen LogP contribution in [0.3, 0.4) is 0 Å². The van der Waals surface area contributed by atoms with E-state index in [9.17, 15) is 14.7 Å². The van der Waals surface area contributed by atoms with Crippen molar-refractivity contribution in [2.75, 3.05) is 12.4 Å². The summed E-state index contributed by atoms with van der Waals surface area (Å²) >= 11 is 1.58. The number of rotatable bonds is 8. The van der Waals surface area contributed by atoms with Crippen LogP contribution in [0.25, 0.3) is 0 Å². The number of phenols is 1. The molecule has 0 heterocycles. The first-order valence-electron chi connectivity index (χ1n) is 6.21. The SMILES string of the molecule is CCOC(=O)CC(=O)CCCSc1cccc(O)c1. The first-order chi connectivity index (χ1) is 9.11. The smallest absolute Gasteiger partial charge is 0.313 e. The largest absolute Gasteiger partial charge is 0.508 e. The highest BCUT2D eigenvalue weighted by Gasteiger charge is 2.09. The summed E-state index contributed by atoms with van der Waals surface area (Å²) in [6.07, 6.45) is 0.952. The first kappa shape index (κ1) is 15.6. The average Bonchev–Trinajstić information content (AvgIpc) is 2.35. The number of esters is 1. The van der Waals surface area contributed by atoms with Crippen LogP contribution in [0, 0.1) is 0 Å². The monoisotopic (exact) mass is 282 g/mol. The third kappa shape index (κ3) is 6.86. The maximum Gasteiger partial charge on any atom is 0.313 e. The van der Waals surface area contributed by atoms with E-state index in [-0.39, 0.29) is 18.0 Å². The van der Waals surface area contributed by atoms with Gasteiger partial charge in [-0.3, -0.25) is 9.59 Å². The van der Waals surface area contributed by atoms with Gasteiger partial charge < -0.3 is 9.84 Å². The maximum atomic E-state index is 11.4. The van der Waals surface area contributed by atoms with Gasteiger partial charge >= 0.3 is 5.97 Å². The molecule has 5 heteroatoms. The lowest BCUT2D eigenvalue weighted by Gasteiger charge is -2.03. The maximum absolute atomic E-state index is 11.4. The van der Waals surface area contributed by atoms with E-state index in [1.165, 1.54) is 0 Å². The Labute approximate surface area is 117 Å². The third-order valence-corrected chi connectivity index (χ3v) is 3.41. The Kier molecular flexibility index (Phi) is 7.03. The Morgan fingerprint density at radius 3 is 2.84 bits per heavy atom. The molecule has 0 aromatic heterocycles. The highest BCUT2D eigenvalue weighted by Crippen LogP contribution is 2.23. The number of ketones is 1. The van der Waals surface area contributed by atoms with E-state index in [1.54, 1.807) is 36.9 Å². The van der Waals surface area contributed by atoms with E-state index in [1.807, 2.05) is 6.07 Å². The Morgan fingerprint density at radius 1 is 1.37 bits per heavy atom. The average molecular weight is 282 g/mol. The van der Waals surface area contributed by atoms with Crippen molar-refractivity contribution in [2.24, 2.45) is 0 Å². The molecule has 1 aromatic carbocycles. The topological polar surface area (TPSA) is 63.6 Å². The van der Waals surface area contributed by atoms with Crippen molar-refractivity contribution in [1.29, 1.82) is 0 Å². The van der Waals surface area contributed by atoms with Crippen molar-refractivity contribution in [2.45, 2.75) is 31.1 Å². The van der Waals surface area contributed by atoms with Crippen LogP contribution >= 0.6 is 11.8 Å². The molecule has 0 radical (unpaired) electrons. The molecule has 0 amide bonds. The van der Waals surface area contributed by atoms with Gasteiger partial charge in [-0.15, -0.1) is 11.8 Å². The Bertz CT molecular complexity index is 431. The molecule has 19 heavy (non-hydrogen) atoms. The molecular weight excluding hydrogens is 264 g/mol. The summed E-state index contributed by atoms with van der Waals surface area (Å²) in [5.74, 6) is 0.476. The van der Waals surface area contributed by atoms with E-state index in [2.05, 4.69) is 0 Å². The standard InChI is InChI=1S/C14H18O4S/c1-2-18-14(17)10-12(16)6-4-8-19-13-7-3-5-11(15)9-13/h3,5,7,9,15H,2,4,6,8,10H2,1H3. The number of thioether (sulfide) groups is 1. The minimum absolute atomic E-state index is 0.0880. The summed E-state index contributed by atoms with van der Waals surface area (Å²) in [4.78, 5) is 23.5. The Balaban J connectivity index is 2.17. The molecule has 0 bridgehead atoms. The van der Waals surface area contributed by atoms with Gasteiger partial charge in [0.05, 0.1) is 6.61 Å². The lowest BCUT2D eigenvalue weighted by molar-refractivity contribution is -0.145. The summed E-state index contributed by atoms with van der Waals surface area (Å²) in [6, 6.07) is 6.99. The molecule has 0 unspecified atom stereocenters. The van der Waals surface area contributed by atoms with Crippen LogP contribution < -0.4 is 0 Å². The Morgan fingerprint density at radius 2 is 2.16 bits per heavy atom. The zero-order valence-electron chi connectivity index (χ0n) is 10.9. The van der Waals surface area contributed by atoms with E-state index in [0.29, 0.717) is 19.4 Å². The first-order valence-corrected chi connectivity index (χ1v) is 7.19. The molecule has 104 valence electrons. The van der Waals surface area contributed by atoms with E-state index in [0.717, 1.165) is 10.6 Å². The van der Waals surface area contributed by atoms with Crippen molar-refractivity contribution in [3.8, 4) is 5.75 Å². The van der Waals surface area contributed by atoms with E-state index in [4.69, 9.17) is 4.74 Å². The van der Waals surface area contributed by atoms with Gasteiger partial charge in [-0.2, -0.15) is 0 Å². The number of hydrogen-bond donors (Lipinski definition) is 1. The van der Waals surface area contributed by atoms with Crippen LogP contribution in [-0.2, 0) is 14.3 Å². The normalized spacial score (nSPS) is 10.2. The van der Waals surface area contributed by atoms with Gasteiger partial charge in [0.25, 0.3) is 0 Å². The summed E-state index contributed by atoms with van der Waals surface area (Å²) in [6.45, 7) is 2.02. The van der Waals surface area contributed by atoms with Crippen molar-refractivity contribution >= 4 is 23.5 Å². The van der Waals surface area contributed by atoms with Gasteiger partial charge in [0, 0.05) is 11.3 Å². The predicted molar refractivity (Wildman–Crippen MR) is 74.3 cm³/mol. The highest BCUT2D eigenvalue weighted by atomic mass is 32.2. The second-order valence-corrected chi connectivity index (χ2v) is 5.14. The molecule has 0 aliphatic heterocycles. The summed E-state index contributed by atoms with van der Waals surface area (Å²) in [5, 5.41) is 9.29. The van der Waals surface area contributed by atoms with E-state index < -0.39 is 5.97 Å². The number of benzene rings is 1.